The van der Waals surface area contributed by atoms with Gasteiger partial charge in [0.25, 0.3) is 0 Å². The Kier molecular flexibility index (Phi) is 3.20. The number of H-pyrrole nitrogens is 1. The van der Waals surface area contributed by atoms with Crippen LogP contribution in [0.25, 0.3) is 21.8 Å². The fourth-order valence-corrected chi connectivity index (χ4v) is 3.11. The van der Waals surface area contributed by atoms with Gasteiger partial charge in [-0.1, -0.05) is 11.6 Å². The molecule has 3 nitrogen and oxygen atoms in total. The van der Waals surface area contributed by atoms with Crippen LogP contribution in [0.3, 0.4) is 0 Å². The van der Waals surface area contributed by atoms with Crippen molar-refractivity contribution < 1.29 is 17.9 Å². The number of hydrogen-bond acceptors (Lipinski definition) is 2. The first-order valence-corrected chi connectivity index (χ1v) is 6.82. The van der Waals surface area contributed by atoms with E-state index in [2.05, 4.69) is 37.3 Å². The number of hydrogen-bond donors (Lipinski definition) is 1. The summed E-state index contributed by atoms with van der Waals surface area (Å²) in [5.74, 6) is -0.292. The molecule has 0 atom stereocenters. The van der Waals surface area contributed by atoms with Gasteiger partial charge < -0.3 is 9.72 Å². The summed E-state index contributed by atoms with van der Waals surface area (Å²) in [6, 6.07) is 3.94. The topological polar surface area (TPSA) is 37.9 Å². The number of fused-ring (bicyclic) bond motifs is 3. The molecular formula is C12H5ClF3IN2O. The molecule has 104 valence electrons. The quantitative estimate of drug-likeness (QED) is 0.457. The summed E-state index contributed by atoms with van der Waals surface area (Å²) < 4.78 is 41.5. The molecule has 3 aromatic rings. The molecule has 0 aliphatic rings. The highest BCUT2D eigenvalue weighted by atomic mass is 127. The smallest absolute Gasteiger partial charge is 0.406 e. The lowest BCUT2D eigenvalue weighted by atomic mass is 10.1. The average Bonchev–Trinajstić information content (AvgIpc) is 2.71. The SMILES string of the molecule is FC(F)(F)Oc1ccc2nc(Cl)c3c(I)c[nH]c3c2c1. The van der Waals surface area contributed by atoms with E-state index in [0.29, 0.717) is 27.0 Å². The van der Waals surface area contributed by atoms with Gasteiger partial charge in [0, 0.05) is 15.2 Å². The van der Waals surface area contributed by atoms with Crippen LogP contribution in [0.1, 0.15) is 0 Å². The summed E-state index contributed by atoms with van der Waals surface area (Å²) in [6.07, 6.45) is -3.01. The Morgan fingerprint density at radius 3 is 2.75 bits per heavy atom. The van der Waals surface area contributed by atoms with Crippen LogP contribution in [-0.4, -0.2) is 16.3 Å². The molecule has 0 amide bonds. The van der Waals surface area contributed by atoms with Crippen molar-refractivity contribution in [1.29, 1.82) is 0 Å². The van der Waals surface area contributed by atoms with E-state index in [9.17, 15) is 13.2 Å². The molecule has 0 fully saturated rings. The first kappa shape index (κ1) is 13.7. The minimum absolute atomic E-state index is 0.292. The van der Waals surface area contributed by atoms with Gasteiger partial charge in [0.15, 0.2) is 0 Å². The van der Waals surface area contributed by atoms with Gasteiger partial charge in [0.05, 0.1) is 16.4 Å². The molecule has 8 heteroatoms. The van der Waals surface area contributed by atoms with Crippen LogP contribution in [0.5, 0.6) is 5.75 Å². The zero-order valence-electron chi connectivity index (χ0n) is 9.55. The maximum Gasteiger partial charge on any atom is 0.573 e. The number of alkyl halides is 3. The minimum atomic E-state index is -4.73. The van der Waals surface area contributed by atoms with Crippen molar-refractivity contribution in [3.05, 3.63) is 33.1 Å². The van der Waals surface area contributed by atoms with Crippen molar-refractivity contribution in [2.24, 2.45) is 0 Å². The van der Waals surface area contributed by atoms with Crippen molar-refractivity contribution in [2.45, 2.75) is 6.36 Å². The van der Waals surface area contributed by atoms with E-state index in [4.69, 9.17) is 11.6 Å². The van der Waals surface area contributed by atoms with Gasteiger partial charge >= 0.3 is 6.36 Å². The number of halogens is 5. The number of rotatable bonds is 1. The normalized spacial score (nSPS) is 12.2. The van der Waals surface area contributed by atoms with Crippen molar-refractivity contribution in [2.75, 3.05) is 0 Å². The molecule has 0 radical (unpaired) electrons. The van der Waals surface area contributed by atoms with Crippen LogP contribution in [0, 0.1) is 3.57 Å². The Morgan fingerprint density at radius 2 is 2.05 bits per heavy atom. The maximum absolute atomic E-state index is 12.3. The van der Waals surface area contributed by atoms with E-state index < -0.39 is 6.36 Å². The monoisotopic (exact) mass is 412 g/mol. The van der Waals surface area contributed by atoms with E-state index in [-0.39, 0.29) is 5.75 Å². The predicted octanol–water partition coefficient (Wildman–Crippen LogP) is 4.87. The standard InChI is InChI=1S/C12H5ClF3IN2O/c13-11-9-7(17)4-18-10(9)6-3-5(20-12(14,15)16)1-2-8(6)19-11/h1-4,18H. The number of nitrogens with zero attached hydrogens (tertiary/aromatic N) is 1. The Bertz CT molecular complexity index is 816. The summed E-state index contributed by atoms with van der Waals surface area (Å²) in [6.45, 7) is 0. The lowest BCUT2D eigenvalue weighted by molar-refractivity contribution is -0.274. The first-order valence-electron chi connectivity index (χ1n) is 5.37. The summed E-state index contributed by atoms with van der Waals surface area (Å²) in [4.78, 5) is 7.17. The van der Waals surface area contributed by atoms with Gasteiger partial charge in [-0.05, 0) is 40.8 Å². The Labute approximate surface area is 129 Å². The number of aromatic nitrogens is 2. The fourth-order valence-electron chi connectivity index (χ4n) is 1.99. The number of benzene rings is 1. The van der Waals surface area contributed by atoms with Crippen molar-refractivity contribution in [3.63, 3.8) is 0 Å². The van der Waals surface area contributed by atoms with Gasteiger partial charge in [-0.2, -0.15) is 0 Å². The van der Waals surface area contributed by atoms with E-state index in [1.54, 1.807) is 6.20 Å². The Hall–Kier alpha value is -1.22. The second-order valence-electron chi connectivity index (χ2n) is 4.02. The Balaban J connectivity index is 2.27. The van der Waals surface area contributed by atoms with Gasteiger partial charge in [0.1, 0.15) is 10.9 Å². The Morgan fingerprint density at radius 1 is 1.30 bits per heavy atom. The molecule has 0 unspecified atom stereocenters. The summed E-state index contributed by atoms with van der Waals surface area (Å²) in [7, 11) is 0. The van der Waals surface area contributed by atoms with Crippen LogP contribution < -0.4 is 4.74 Å². The molecule has 2 aromatic heterocycles. The number of aromatic amines is 1. The minimum Gasteiger partial charge on any atom is -0.406 e. The second kappa shape index (κ2) is 4.66. The third-order valence-electron chi connectivity index (χ3n) is 2.73. The third-order valence-corrected chi connectivity index (χ3v) is 3.85. The highest BCUT2D eigenvalue weighted by Crippen LogP contribution is 2.34. The van der Waals surface area contributed by atoms with Crippen LogP contribution in [0.2, 0.25) is 5.15 Å². The third kappa shape index (κ3) is 2.39. The number of pyridine rings is 1. The second-order valence-corrected chi connectivity index (χ2v) is 5.54. The van der Waals surface area contributed by atoms with Crippen LogP contribution in [0.4, 0.5) is 13.2 Å². The van der Waals surface area contributed by atoms with Crippen LogP contribution in [-0.2, 0) is 0 Å². The molecule has 0 saturated heterocycles. The zero-order valence-corrected chi connectivity index (χ0v) is 12.5. The molecule has 1 N–H and O–H groups in total. The largest absolute Gasteiger partial charge is 0.573 e. The molecule has 0 saturated carbocycles. The zero-order chi connectivity index (χ0) is 14.5. The average molecular weight is 413 g/mol. The fraction of sp³-hybridized carbons (Fsp3) is 0.0833. The van der Waals surface area contributed by atoms with Gasteiger partial charge in [-0.3, -0.25) is 0 Å². The number of ether oxygens (including phenoxy) is 1. The van der Waals surface area contributed by atoms with E-state index >= 15 is 0 Å². The lowest BCUT2D eigenvalue weighted by Crippen LogP contribution is -2.17. The van der Waals surface area contributed by atoms with Crippen molar-refractivity contribution >= 4 is 56.0 Å². The van der Waals surface area contributed by atoms with E-state index in [1.165, 1.54) is 18.2 Å². The number of nitrogens with one attached hydrogen (secondary N) is 1. The first-order chi connectivity index (χ1) is 9.35. The molecule has 20 heavy (non-hydrogen) atoms. The van der Waals surface area contributed by atoms with Crippen LogP contribution >= 0.6 is 34.2 Å². The molecule has 2 heterocycles. The van der Waals surface area contributed by atoms with E-state index in [0.717, 1.165) is 3.57 Å². The van der Waals surface area contributed by atoms with Crippen molar-refractivity contribution in [3.8, 4) is 5.75 Å². The molecule has 0 aliphatic carbocycles. The summed E-state index contributed by atoms with van der Waals surface area (Å²) in [5.41, 5.74) is 1.13. The van der Waals surface area contributed by atoms with Crippen molar-refractivity contribution in [1.82, 2.24) is 9.97 Å². The molecule has 0 spiro atoms. The molecule has 3 rings (SSSR count). The summed E-state index contributed by atoms with van der Waals surface area (Å²) >= 11 is 8.16. The maximum atomic E-state index is 12.3. The van der Waals surface area contributed by atoms with Gasteiger partial charge in [-0.25, -0.2) is 4.98 Å². The van der Waals surface area contributed by atoms with Gasteiger partial charge in [0.2, 0.25) is 0 Å². The van der Waals surface area contributed by atoms with Gasteiger partial charge in [-0.15, -0.1) is 13.2 Å². The molecular weight excluding hydrogens is 407 g/mol. The molecule has 0 bridgehead atoms. The highest BCUT2D eigenvalue weighted by molar-refractivity contribution is 14.1. The summed E-state index contributed by atoms with van der Waals surface area (Å²) in [5, 5.41) is 1.51. The van der Waals surface area contributed by atoms with Crippen LogP contribution in [0.15, 0.2) is 24.4 Å². The lowest BCUT2D eigenvalue weighted by Gasteiger charge is -2.10. The predicted molar refractivity (Wildman–Crippen MR) is 78.0 cm³/mol. The van der Waals surface area contributed by atoms with E-state index in [1.807, 2.05) is 0 Å². The molecule has 0 aliphatic heterocycles. The highest BCUT2D eigenvalue weighted by Gasteiger charge is 2.31. The molecule has 1 aromatic carbocycles.